The molecule has 0 bridgehead atoms. The second-order valence-electron chi connectivity index (χ2n) is 2.81. The van der Waals surface area contributed by atoms with Gasteiger partial charge in [-0.3, -0.25) is 0 Å². The summed E-state index contributed by atoms with van der Waals surface area (Å²) in [6.45, 7) is 0. The average Bonchev–Trinajstić information content (AvgIpc) is 2.05. The van der Waals surface area contributed by atoms with Crippen molar-refractivity contribution in [3.8, 4) is 0 Å². The molecule has 0 heterocycles. The predicted molar refractivity (Wildman–Crippen MR) is 41.2 cm³/mol. The zero-order chi connectivity index (χ0) is 9.90. The maximum atomic E-state index is 12.2. The molecule has 1 aliphatic carbocycles. The lowest BCUT2D eigenvalue weighted by atomic mass is 9.98. The molecule has 1 aliphatic rings. The van der Waals surface area contributed by atoms with Crippen LogP contribution < -0.4 is 5.48 Å². The molecule has 74 valence electrons. The van der Waals surface area contributed by atoms with Crippen LogP contribution in [0.2, 0.25) is 0 Å². The SMILES string of the molecule is ONC(C1=CC=CCC1)C(F)(F)F. The number of hydrogen-bond acceptors (Lipinski definition) is 2. The lowest BCUT2D eigenvalue weighted by Gasteiger charge is -2.22. The topological polar surface area (TPSA) is 32.3 Å². The van der Waals surface area contributed by atoms with Gasteiger partial charge in [0.25, 0.3) is 0 Å². The molecule has 0 aromatic rings. The van der Waals surface area contributed by atoms with Crippen molar-refractivity contribution in [3.05, 3.63) is 23.8 Å². The van der Waals surface area contributed by atoms with E-state index in [1.165, 1.54) is 11.6 Å². The van der Waals surface area contributed by atoms with E-state index in [0.717, 1.165) is 0 Å². The summed E-state index contributed by atoms with van der Waals surface area (Å²) >= 11 is 0. The van der Waals surface area contributed by atoms with Crippen molar-refractivity contribution >= 4 is 0 Å². The predicted octanol–water partition coefficient (Wildman–Crippen LogP) is 2.17. The highest BCUT2D eigenvalue weighted by Gasteiger charge is 2.41. The molecule has 5 heteroatoms. The Hall–Kier alpha value is -0.810. The van der Waals surface area contributed by atoms with Crippen molar-refractivity contribution < 1.29 is 18.4 Å². The van der Waals surface area contributed by atoms with E-state index < -0.39 is 12.2 Å². The van der Waals surface area contributed by atoms with Gasteiger partial charge in [-0.25, -0.2) is 0 Å². The number of allylic oxidation sites excluding steroid dienone is 3. The fraction of sp³-hybridized carbons (Fsp3) is 0.500. The molecule has 0 aliphatic heterocycles. The molecule has 0 fully saturated rings. The molecule has 0 saturated heterocycles. The minimum atomic E-state index is -4.44. The van der Waals surface area contributed by atoms with Crippen LogP contribution in [0.25, 0.3) is 0 Å². The van der Waals surface area contributed by atoms with Crippen LogP contribution in [0.3, 0.4) is 0 Å². The number of rotatable bonds is 2. The van der Waals surface area contributed by atoms with Crippen LogP contribution in [0.4, 0.5) is 13.2 Å². The van der Waals surface area contributed by atoms with E-state index in [9.17, 15) is 13.2 Å². The van der Waals surface area contributed by atoms with Crippen molar-refractivity contribution in [2.24, 2.45) is 0 Å². The smallest absolute Gasteiger partial charge is 0.316 e. The molecule has 0 aromatic carbocycles. The van der Waals surface area contributed by atoms with Gasteiger partial charge in [0.1, 0.15) is 6.04 Å². The highest BCUT2D eigenvalue weighted by Crippen LogP contribution is 2.28. The summed E-state index contributed by atoms with van der Waals surface area (Å²) in [6, 6.07) is -1.93. The standard InChI is InChI=1S/C8H10F3NO/c9-8(10,11)7(12-13)6-4-2-1-3-5-6/h1-2,4,7,12-13H,3,5H2. The van der Waals surface area contributed by atoms with Gasteiger partial charge in [0.05, 0.1) is 0 Å². The summed E-state index contributed by atoms with van der Waals surface area (Å²) < 4.78 is 36.7. The molecule has 1 unspecified atom stereocenters. The van der Waals surface area contributed by atoms with Crippen LogP contribution in [0.1, 0.15) is 12.8 Å². The highest BCUT2D eigenvalue weighted by atomic mass is 19.4. The lowest BCUT2D eigenvalue weighted by Crippen LogP contribution is -2.42. The molecule has 2 nitrogen and oxygen atoms in total. The van der Waals surface area contributed by atoms with Crippen LogP contribution in [-0.2, 0) is 0 Å². The number of nitrogens with one attached hydrogen (secondary N) is 1. The summed E-state index contributed by atoms with van der Waals surface area (Å²) in [5.41, 5.74) is 1.45. The third-order valence-corrected chi connectivity index (χ3v) is 1.87. The van der Waals surface area contributed by atoms with Gasteiger partial charge in [-0.1, -0.05) is 18.2 Å². The Labute approximate surface area is 73.7 Å². The van der Waals surface area contributed by atoms with Crippen molar-refractivity contribution in [2.75, 3.05) is 0 Å². The van der Waals surface area contributed by atoms with Gasteiger partial charge in [-0.05, 0) is 18.4 Å². The number of hydrogen-bond donors (Lipinski definition) is 2. The summed E-state index contributed by atoms with van der Waals surface area (Å²) in [6.07, 6.45) is 1.20. The minimum Gasteiger partial charge on any atom is -0.316 e. The van der Waals surface area contributed by atoms with Crippen LogP contribution >= 0.6 is 0 Å². The summed E-state index contributed by atoms with van der Waals surface area (Å²) in [5.74, 6) is 0. The van der Waals surface area contributed by atoms with Gasteiger partial charge >= 0.3 is 6.18 Å². The van der Waals surface area contributed by atoms with Crippen LogP contribution in [0, 0.1) is 0 Å². The number of alkyl halides is 3. The zero-order valence-electron chi connectivity index (χ0n) is 6.80. The minimum absolute atomic E-state index is 0.164. The van der Waals surface area contributed by atoms with Crippen molar-refractivity contribution in [3.63, 3.8) is 0 Å². The van der Waals surface area contributed by atoms with E-state index in [4.69, 9.17) is 5.21 Å². The maximum Gasteiger partial charge on any atom is 0.409 e. The van der Waals surface area contributed by atoms with E-state index in [1.54, 1.807) is 12.2 Å². The largest absolute Gasteiger partial charge is 0.409 e. The Kier molecular flexibility index (Phi) is 3.11. The Morgan fingerprint density at radius 1 is 1.46 bits per heavy atom. The fourth-order valence-corrected chi connectivity index (χ4v) is 1.23. The van der Waals surface area contributed by atoms with Gasteiger partial charge in [-0.2, -0.15) is 18.7 Å². The van der Waals surface area contributed by atoms with Crippen LogP contribution in [0.15, 0.2) is 23.8 Å². The second kappa shape index (κ2) is 3.93. The number of hydroxylamine groups is 1. The van der Waals surface area contributed by atoms with Crippen molar-refractivity contribution in [1.82, 2.24) is 5.48 Å². The Morgan fingerprint density at radius 2 is 2.15 bits per heavy atom. The van der Waals surface area contributed by atoms with Crippen LogP contribution in [0.5, 0.6) is 0 Å². The van der Waals surface area contributed by atoms with E-state index in [1.807, 2.05) is 0 Å². The highest BCUT2D eigenvalue weighted by molar-refractivity contribution is 5.23. The van der Waals surface area contributed by atoms with E-state index >= 15 is 0 Å². The van der Waals surface area contributed by atoms with Gasteiger partial charge in [0.2, 0.25) is 0 Å². The molecular weight excluding hydrogens is 183 g/mol. The molecule has 13 heavy (non-hydrogen) atoms. The van der Waals surface area contributed by atoms with Gasteiger partial charge in [-0.15, -0.1) is 0 Å². The van der Waals surface area contributed by atoms with Gasteiger partial charge < -0.3 is 5.21 Å². The van der Waals surface area contributed by atoms with E-state index in [2.05, 4.69) is 0 Å². The van der Waals surface area contributed by atoms with E-state index in [-0.39, 0.29) is 5.57 Å². The first kappa shape index (κ1) is 10.3. The molecule has 2 N–H and O–H groups in total. The lowest BCUT2D eigenvalue weighted by molar-refractivity contribution is -0.166. The Morgan fingerprint density at radius 3 is 2.54 bits per heavy atom. The Balaban J connectivity index is 2.77. The van der Waals surface area contributed by atoms with Gasteiger partial charge in [0.15, 0.2) is 0 Å². The first-order valence-corrected chi connectivity index (χ1v) is 3.87. The molecule has 1 atom stereocenters. The van der Waals surface area contributed by atoms with Crippen molar-refractivity contribution in [1.29, 1.82) is 0 Å². The monoisotopic (exact) mass is 193 g/mol. The molecule has 0 saturated carbocycles. The number of halogens is 3. The molecule has 0 amide bonds. The average molecular weight is 193 g/mol. The summed E-state index contributed by atoms with van der Waals surface area (Å²) in [7, 11) is 0. The second-order valence-corrected chi connectivity index (χ2v) is 2.81. The maximum absolute atomic E-state index is 12.2. The molecule has 0 spiro atoms. The Bertz CT molecular complexity index is 232. The fourth-order valence-electron chi connectivity index (χ4n) is 1.23. The van der Waals surface area contributed by atoms with E-state index in [0.29, 0.717) is 12.8 Å². The summed E-state index contributed by atoms with van der Waals surface area (Å²) in [4.78, 5) is 0. The molecular formula is C8H10F3NO. The molecule has 0 radical (unpaired) electrons. The third-order valence-electron chi connectivity index (χ3n) is 1.87. The first-order chi connectivity index (χ1) is 6.05. The first-order valence-electron chi connectivity index (χ1n) is 3.87. The molecule has 1 rings (SSSR count). The van der Waals surface area contributed by atoms with Gasteiger partial charge in [0, 0.05) is 0 Å². The molecule has 0 aromatic heterocycles. The summed E-state index contributed by atoms with van der Waals surface area (Å²) in [5, 5.41) is 8.38. The van der Waals surface area contributed by atoms with Crippen molar-refractivity contribution in [2.45, 2.75) is 25.1 Å². The third kappa shape index (κ3) is 2.57. The quantitative estimate of drug-likeness (QED) is 0.659. The van der Waals surface area contributed by atoms with Crippen LogP contribution in [-0.4, -0.2) is 17.4 Å². The normalized spacial score (nSPS) is 19.8. The zero-order valence-corrected chi connectivity index (χ0v) is 6.80.